The molecule has 0 saturated heterocycles. The van der Waals surface area contributed by atoms with Gasteiger partial charge in [0.1, 0.15) is 0 Å². The van der Waals surface area contributed by atoms with E-state index < -0.39 is 0 Å². The molecule has 3 aliphatic carbocycles. The maximum Gasteiger partial charge on any atom is 0.0406 e. The fourth-order valence-electron chi connectivity index (χ4n) is 5.28. The van der Waals surface area contributed by atoms with Crippen LogP contribution in [0.5, 0.6) is 0 Å². The average Bonchev–Trinajstić information content (AvgIpc) is 2.88. The molecule has 5 atom stereocenters. The second-order valence-electron chi connectivity index (χ2n) is 7.05. The first kappa shape index (κ1) is 13.2. The molecule has 1 aromatic carbocycles. The third kappa shape index (κ3) is 2.02. The Morgan fingerprint density at radius 1 is 1.15 bits per heavy atom. The molecule has 5 unspecified atom stereocenters. The highest BCUT2D eigenvalue weighted by Crippen LogP contribution is 2.72. The summed E-state index contributed by atoms with van der Waals surface area (Å²) in [5.41, 5.74) is 1.45. The maximum atomic E-state index is 6.05. The molecule has 0 aromatic heterocycles. The van der Waals surface area contributed by atoms with Crippen molar-refractivity contribution in [3.63, 3.8) is 0 Å². The smallest absolute Gasteiger partial charge is 0.0406 e. The molecule has 20 heavy (non-hydrogen) atoms. The summed E-state index contributed by atoms with van der Waals surface area (Å²) in [6.45, 7) is 3.38. The molecule has 2 heteroatoms. The van der Waals surface area contributed by atoms with Gasteiger partial charge in [-0.25, -0.2) is 0 Å². The molecular weight excluding hydrogens is 266 g/mol. The molecular formula is C18H24ClN. The van der Waals surface area contributed by atoms with Crippen LogP contribution < -0.4 is 5.32 Å². The van der Waals surface area contributed by atoms with Crippen molar-refractivity contribution in [2.45, 2.75) is 38.6 Å². The van der Waals surface area contributed by atoms with Gasteiger partial charge in [0.05, 0.1) is 0 Å². The lowest BCUT2D eigenvalue weighted by atomic mass is 9.93. The third-order valence-corrected chi connectivity index (χ3v) is 6.28. The lowest BCUT2D eigenvalue weighted by Gasteiger charge is -2.22. The topological polar surface area (TPSA) is 12.0 Å². The van der Waals surface area contributed by atoms with Crippen molar-refractivity contribution in [2.24, 2.45) is 29.6 Å². The van der Waals surface area contributed by atoms with Crippen molar-refractivity contribution >= 4 is 11.6 Å². The van der Waals surface area contributed by atoms with Crippen molar-refractivity contribution in [1.29, 1.82) is 0 Å². The standard InChI is InChI=1S/C18H24ClN/c1-2-9-20-18(11-5-7-14(19)8-6-11)17-15-12-3-4-13(10-12)16(15)17/h5-8,12-13,15-18,20H,2-4,9-10H2,1H3. The molecule has 108 valence electrons. The number of nitrogens with one attached hydrogen (secondary N) is 1. The van der Waals surface area contributed by atoms with Crippen LogP contribution >= 0.6 is 11.6 Å². The molecule has 3 aliphatic rings. The average molecular weight is 290 g/mol. The van der Waals surface area contributed by atoms with Gasteiger partial charge in [0.15, 0.2) is 0 Å². The van der Waals surface area contributed by atoms with Crippen LogP contribution in [0.25, 0.3) is 0 Å². The number of hydrogen-bond donors (Lipinski definition) is 1. The van der Waals surface area contributed by atoms with Crippen LogP contribution in [0.3, 0.4) is 0 Å². The van der Waals surface area contributed by atoms with Crippen LogP contribution in [0, 0.1) is 29.6 Å². The highest BCUT2D eigenvalue weighted by atomic mass is 35.5. The molecule has 1 aromatic rings. The predicted molar refractivity (Wildman–Crippen MR) is 83.8 cm³/mol. The van der Waals surface area contributed by atoms with Crippen LogP contribution in [-0.2, 0) is 0 Å². The zero-order valence-corrected chi connectivity index (χ0v) is 12.9. The predicted octanol–water partition coefficient (Wildman–Crippen LogP) is 4.67. The van der Waals surface area contributed by atoms with Crippen LogP contribution in [0.2, 0.25) is 5.02 Å². The van der Waals surface area contributed by atoms with Crippen LogP contribution in [0.4, 0.5) is 0 Å². The summed E-state index contributed by atoms with van der Waals surface area (Å²) in [7, 11) is 0. The summed E-state index contributed by atoms with van der Waals surface area (Å²) in [6, 6.07) is 9.11. The summed E-state index contributed by atoms with van der Waals surface area (Å²) in [5.74, 6) is 5.05. The number of halogens is 1. The Morgan fingerprint density at radius 2 is 1.80 bits per heavy atom. The van der Waals surface area contributed by atoms with E-state index in [1.165, 1.54) is 31.2 Å². The number of fused-ring (bicyclic) bond motifs is 5. The minimum atomic E-state index is 0.561. The van der Waals surface area contributed by atoms with E-state index in [-0.39, 0.29) is 0 Å². The summed E-state index contributed by atoms with van der Waals surface area (Å²) in [4.78, 5) is 0. The summed E-state index contributed by atoms with van der Waals surface area (Å²) in [6.07, 6.45) is 5.75. The molecule has 2 bridgehead atoms. The van der Waals surface area contributed by atoms with E-state index in [1.807, 2.05) is 12.1 Å². The van der Waals surface area contributed by atoms with Gasteiger partial charge in [-0.15, -0.1) is 0 Å². The van der Waals surface area contributed by atoms with Crippen molar-refractivity contribution in [3.05, 3.63) is 34.9 Å². The number of benzene rings is 1. The first-order chi connectivity index (χ1) is 9.79. The van der Waals surface area contributed by atoms with E-state index in [2.05, 4.69) is 24.4 Å². The lowest BCUT2D eigenvalue weighted by Crippen LogP contribution is -2.26. The summed E-state index contributed by atoms with van der Waals surface area (Å²) in [5, 5.41) is 4.67. The number of rotatable bonds is 5. The van der Waals surface area contributed by atoms with E-state index in [9.17, 15) is 0 Å². The van der Waals surface area contributed by atoms with Crippen molar-refractivity contribution in [3.8, 4) is 0 Å². The van der Waals surface area contributed by atoms with E-state index >= 15 is 0 Å². The highest BCUT2D eigenvalue weighted by Gasteiger charge is 2.66. The van der Waals surface area contributed by atoms with Gasteiger partial charge in [0.2, 0.25) is 0 Å². The monoisotopic (exact) mass is 289 g/mol. The summed E-state index contributed by atoms with van der Waals surface area (Å²) < 4.78 is 0. The van der Waals surface area contributed by atoms with Gasteiger partial charge < -0.3 is 5.32 Å². The van der Waals surface area contributed by atoms with Crippen molar-refractivity contribution < 1.29 is 0 Å². The van der Waals surface area contributed by atoms with Gasteiger partial charge in [0, 0.05) is 11.1 Å². The van der Waals surface area contributed by atoms with E-state index in [0.29, 0.717) is 6.04 Å². The van der Waals surface area contributed by atoms with Crippen LogP contribution in [-0.4, -0.2) is 6.54 Å². The molecule has 0 aliphatic heterocycles. The third-order valence-electron chi connectivity index (χ3n) is 6.02. The van der Waals surface area contributed by atoms with Crippen LogP contribution in [0.15, 0.2) is 24.3 Å². The van der Waals surface area contributed by atoms with Gasteiger partial charge >= 0.3 is 0 Å². The zero-order valence-electron chi connectivity index (χ0n) is 12.2. The van der Waals surface area contributed by atoms with E-state index in [1.54, 1.807) is 0 Å². The van der Waals surface area contributed by atoms with Crippen molar-refractivity contribution in [1.82, 2.24) is 5.32 Å². The fourth-order valence-corrected chi connectivity index (χ4v) is 5.41. The second kappa shape index (κ2) is 5.03. The first-order valence-corrected chi connectivity index (χ1v) is 8.66. The fraction of sp³-hybridized carbons (Fsp3) is 0.667. The van der Waals surface area contributed by atoms with Gasteiger partial charge in [-0.1, -0.05) is 30.7 Å². The Hall–Kier alpha value is -0.530. The molecule has 0 radical (unpaired) electrons. The molecule has 4 rings (SSSR count). The first-order valence-electron chi connectivity index (χ1n) is 8.28. The van der Waals surface area contributed by atoms with Gasteiger partial charge in [-0.05, 0) is 79.5 Å². The molecule has 0 amide bonds. The van der Waals surface area contributed by atoms with Crippen LogP contribution in [0.1, 0.15) is 44.2 Å². The van der Waals surface area contributed by atoms with Gasteiger partial charge in [-0.2, -0.15) is 0 Å². The number of hydrogen-bond acceptors (Lipinski definition) is 1. The van der Waals surface area contributed by atoms with Gasteiger partial charge in [0.25, 0.3) is 0 Å². The molecule has 0 spiro atoms. The van der Waals surface area contributed by atoms with E-state index in [0.717, 1.165) is 41.2 Å². The van der Waals surface area contributed by atoms with Crippen molar-refractivity contribution in [2.75, 3.05) is 6.54 Å². The highest BCUT2D eigenvalue weighted by molar-refractivity contribution is 6.30. The molecule has 1 N–H and O–H groups in total. The Kier molecular flexibility index (Phi) is 3.31. The summed E-state index contributed by atoms with van der Waals surface area (Å²) >= 11 is 6.05. The molecule has 3 saturated carbocycles. The SMILES string of the molecule is CCCNC(c1ccc(Cl)cc1)C1C2C3CCC(C3)C21. The molecule has 1 nitrogen and oxygen atoms in total. The Balaban J connectivity index is 1.56. The zero-order chi connectivity index (χ0) is 13.7. The molecule has 0 heterocycles. The normalized spacial score (nSPS) is 38.8. The van der Waals surface area contributed by atoms with E-state index in [4.69, 9.17) is 11.6 Å². The maximum absolute atomic E-state index is 6.05. The largest absolute Gasteiger partial charge is 0.310 e. The molecule has 3 fully saturated rings. The Morgan fingerprint density at radius 3 is 2.40 bits per heavy atom. The quantitative estimate of drug-likeness (QED) is 0.830. The minimum absolute atomic E-state index is 0.561. The van der Waals surface area contributed by atoms with Gasteiger partial charge in [-0.3, -0.25) is 0 Å². The second-order valence-corrected chi connectivity index (χ2v) is 7.49. The minimum Gasteiger partial charge on any atom is -0.310 e. The lowest BCUT2D eigenvalue weighted by molar-refractivity contribution is 0.370. The Bertz CT molecular complexity index is 467. The Labute approximate surface area is 127 Å².